The predicted octanol–water partition coefficient (Wildman–Crippen LogP) is 2.37. The summed E-state index contributed by atoms with van der Waals surface area (Å²) in [6.45, 7) is 4.65. The fourth-order valence-electron chi connectivity index (χ4n) is 2.15. The molecule has 0 amide bonds. The minimum Gasteiger partial charge on any atom is -0.316 e. The molecule has 4 nitrogen and oxygen atoms in total. The second-order valence-electron chi connectivity index (χ2n) is 5.37. The Kier molecular flexibility index (Phi) is 6.01. The first-order chi connectivity index (χ1) is 9.62. The highest BCUT2D eigenvalue weighted by Gasteiger charge is 2.22. The minimum absolute atomic E-state index is 0.447. The maximum atomic E-state index is 12.1. The Morgan fingerprint density at radius 2 is 2.10 bits per heavy atom. The molecule has 0 spiro atoms. The molecule has 2 N–H and O–H groups in total. The van der Waals surface area contributed by atoms with Gasteiger partial charge in [-0.2, -0.15) is 0 Å². The number of nitrogens with one attached hydrogen (secondary N) is 2. The van der Waals surface area contributed by atoms with Crippen molar-refractivity contribution in [1.29, 1.82) is 0 Å². The normalized spacial score (nSPS) is 16.2. The largest absolute Gasteiger partial charge is 0.316 e. The molecule has 0 saturated heterocycles. The Labute approximate surface area is 126 Å². The van der Waals surface area contributed by atoms with E-state index in [1.54, 1.807) is 6.07 Å². The van der Waals surface area contributed by atoms with Gasteiger partial charge in [-0.05, 0) is 56.8 Å². The lowest BCUT2D eigenvalue weighted by molar-refractivity contribution is 0.316. The van der Waals surface area contributed by atoms with E-state index in [9.17, 15) is 8.42 Å². The van der Waals surface area contributed by atoms with Crippen molar-refractivity contribution in [2.75, 3.05) is 19.6 Å². The summed E-state index contributed by atoms with van der Waals surface area (Å²) in [4.78, 5) is 1.12. The van der Waals surface area contributed by atoms with Crippen LogP contribution >= 0.6 is 11.3 Å². The maximum absolute atomic E-state index is 12.1. The third-order valence-corrected chi connectivity index (χ3v) is 6.72. The Morgan fingerprint density at radius 3 is 2.75 bits per heavy atom. The molecule has 1 fully saturated rings. The van der Waals surface area contributed by atoms with Crippen molar-refractivity contribution in [3.63, 3.8) is 0 Å². The number of thiophene rings is 1. The van der Waals surface area contributed by atoms with E-state index < -0.39 is 10.0 Å². The number of hydrogen-bond acceptors (Lipinski definition) is 4. The molecule has 114 valence electrons. The van der Waals surface area contributed by atoms with Gasteiger partial charge in [0.2, 0.25) is 10.0 Å². The molecule has 1 heterocycles. The quantitative estimate of drug-likeness (QED) is 0.688. The van der Waals surface area contributed by atoms with Crippen molar-refractivity contribution in [2.45, 2.75) is 43.2 Å². The van der Waals surface area contributed by atoms with Gasteiger partial charge >= 0.3 is 0 Å². The molecule has 0 unspecified atom stereocenters. The van der Waals surface area contributed by atoms with Crippen molar-refractivity contribution < 1.29 is 8.42 Å². The highest BCUT2D eigenvalue weighted by molar-refractivity contribution is 7.91. The molecule has 6 heteroatoms. The van der Waals surface area contributed by atoms with Gasteiger partial charge in [-0.3, -0.25) is 0 Å². The summed E-state index contributed by atoms with van der Waals surface area (Å²) >= 11 is 1.38. The van der Waals surface area contributed by atoms with Gasteiger partial charge in [0.1, 0.15) is 4.21 Å². The van der Waals surface area contributed by atoms with Gasteiger partial charge in [0.05, 0.1) is 0 Å². The molecular formula is C14H24N2O2S2. The van der Waals surface area contributed by atoms with Crippen LogP contribution in [0.4, 0.5) is 0 Å². The van der Waals surface area contributed by atoms with Gasteiger partial charge in [0.15, 0.2) is 0 Å². The van der Waals surface area contributed by atoms with Crippen LogP contribution in [-0.2, 0) is 16.4 Å². The molecule has 0 radical (unpaired) electrons. The SMILES string of the molecule is CCCNCCc1ccc(S(=O)(=O)NCC2CCC2)s1. The van der Waals surface area contributed by atoms with Crippen LogP contribution in [0.25, 0.3) is 0 Å². The number of rotatable bonds is 9. The molecule has 2 rings (SSSR count). The summed E-state index contributed by atoms with van der Waals surface area (Å²) in [5.41, 5.74) is 0. The Balaban J connectivity index is 1.82. The fourth-order valence-corrected chi connectivity index (χ4v) is 4.66. The monoisotopic (exact) mass is 316 g/mol. The van der Waals surface area contributed by atoms with E-state index >= 15 is 0 Å². The third-order valence-electron chi connectivity index (χ3n) is 3.66. The summed E-state index contributed by atoms with van der Waals surface area (Å²) in [7, 11) is -3.30. The molecule has 1 aromatic heterocycles. The van der Waals surface area contributed by atoms with Crippen LogP contribution in [0.3, 0.4) is 0 Å². The van der Waals surface area contributed by atoms with Gasteiger partial charge in [-0.15, -0.1) is 11.3 Å². The lowest BCUT2D eigenvalue weighted by atomic mass is 9.86. The molecule has 0 aliphatic heterocycles. The highest BCUT2D eigenvalue weighted by atomic mass is 32.2. The summed E-state index contributed by atoms with van der Waals surface area (Å²) < 4.78 is 27.5. The summed E-state index contributed by atoms with van der Waals surface area (Å²) in [6, 6.07) is 3.65. The van der Waals surface area contributed by atoms with Crippen molar-refractivity contribution in [3.05, 3.63) is 17.0 Å². The zero-order valence-electron chi connectivity index (χ0n) is 12.0. The van der Waals surface area contributed by atoms with Crippen LogP contribution in [0.15, 0.2) is 16.3 Å². The molecule has 1 saturated carbocycles. The first kappa shape index (κ1) is 15.9. The topological polar surface area (TPSA) is 58.2 Å². The standard InChI is InChI=1S/C14H24N2O2S2/c1-2-9-15-10-8-13-6-7-14(19-13)20(17,18)16-11-12-4-3-5-12/h6-7,12,15-16H,2-5,8-11H2,1H3. The first-order valence-corrected chi connectivity index (χ1v) is 9.71. The summed E-state index contributed by atoms with van der Waals surface area (Å²) in [5.74, 6) is 0.544. The van der Waals surface area contributed by atoms with Gasteiger partial charge < -0.3 is 5.32 Å². The third kappa shape index (κ3) is 4.55. The summed E-state index contributed by atoms with van der Waals surface area (Å²) in [5, 5.41) is 3.33. The highest BCUT2D eigenvalue weighted by Crippen LogP contribution is 2.27. The zero-order valence-corrected chi connectivity index (χ0v) is 13.7. The molecular weight excluding hydrogens is 292 g/mol. The second-order valence-corrected chi connectivity index (χ2v) is 8.53. The predicted molar refractivity (Wildman–Crippen MR) is 83.7 cm³/mol. The van der Waals surface area contributed by atoms with Gasteiger partial charge in [-0.25, -0.2) is 13.1 Å². The van der Waals surface area contributed by atoms with E-state index in [1.165, 1.54) is 17.8 Å². The van der Waals surface area contributed by atoms with Crippen molar-refractivity contribution >= 4 is 21.4 Å². The lowest BCUT2D eigenvalue weighted by Crippen LogP contribution is -2.31. The lowest BCUT2D eigenvalue weighted by Gasteiger charge is -2.25. The molecule has 0 atom stereocenters. The Hall–Kier alpha value is -0.430. The first-order valence-electron chi connectivity index (χ1n) is 7.41. The van der Waals surface area contributed by atoms with Crippen LogP contribution in [-0.4, -0.2) is 28.1 Å². The average Bonchev–Trinajstić information content (AvgIpc) is 2.82. The smallest absolute Gasteiger partial charge is 0.250 e. The fraction of sp³-hybridized carbons (Fsp3) is 0.714. The van der Waals surface area contributed by atoms with Gasteiger partial charge in [0, 0.05) is 11.4 Å². The minimum atomic E-state index is -3.30. The molecule has 0 bridgehead atoms. The molecule has 1 aliphatic carbocycles. The van der Waals surface area contributed by atoms with Crippen molar-refractivity contribution in [1.82, 2.24) is 10.0 Å². The van der Waals surface area contributed by atoms with Crippen molar-refractivity contribution in [3.8, 4) is 0 Å². The molecule has 1 aliphatic rings. The van der Waals surface area contributed by atoms with Gasteiger partial charge in [-0.1, -0.05) is 13.3 Å². The molecule has 0 aromatic carbocycles. The second kappa shape index (κ2) is 7.54. The maximum Gasteiger partial charge on any atom is 0.250 e. The van der Waals surface area contributed by atoms with Crippen molar-refractivity contribution in [2.24, 2.45) is 5.92 Å². The molecule has 1 aromatic rings. The van der Waals surface area contributed by atoms with E-state index in [0.717, 1.165) is 43.6 Å². The van der Waals surface area contributed by atoms with E-state index in [1.807, 2.05) is 6.07 Å². The van der Waals surface area contributed by atoms with Crippen LogP contribution < -0.4 is 10.0 Å². The van der Waals surface area contributed by atoms with E-state index in [0.29, 0.717) is 16.7 Å². The van der Waals surface area contributed by atoms with Gasteiger partial charge in [0.25, 0.3) is 0 Å². The Morgan fingerprint density at radius 1 is 1.30 bits per heavy atom. The van der Waals surface area contributed by atoms with Crippen LogP contribution in [0.1, 0.15) is 37.5 Å². The van der Waals surface area contributed by atoms with Crippen LogP contribution in [0.5, 0.6) is 0 Å². The molecule has 20 heavy (non-hydrogen) atoms. The average molecular weight is 316 g/mol. The Bertz CT molecular complexity index is 507. The number of sulfonamides is 1. The zero-order chi connectivity index (χ0) is 14.4. The van der Waals surface area contributed by atoms with E-state index in [4.69, 9.17) is 0 Å². The van der Waals surface area contributed by atoms with E-state index in [2.05, 4.69) is 17.0 Å². The van der Waals surface area contributed by atoms with Crippen LogP contribution in [0.2, 0.25) is 0 Å². The summed E-state index contributed by atoms with van der Waals surface area (Å²) in [6.07, 6.45) is 5.56. The number of hydrogen-bond donors (Lipinski definition) is 2. The van der Waals surface area contributed by atoms with Crippen LogP contribution in [0, 0.1) is 5.92 Å². The van der Waals surface area contributed by atoms with E-state index in [-0.39, 0.29) is 0 Å².